The number of anilines is 1. The molecule has 1 aliphatic rings. The maximum atomic E-state index is 10.2. The van der Waals surface area contributed by atoms with Crippen molar-refractivity contribution in [3.63, 3.8) is 0 Å². The molecule has 3 rings (SSSR count). The predicted octanol–water partition coefficient (Wildman–Crippen LogP) is 1.66. The number of morpholine rings is 1. The van der Waals surface area contributed by atoms with Crippen molar-refractivity contribution in [2.24, 2.45) is 0 Å². The number of aromatic nitrogens is 2. The highest BCUT2D eigenvalue weighted by atomic mass is 16.5. The number of ether oxygens (including phenoxy) is 1. The minimum Gasteiger partial charge on any atom is -0.507 e. The van der Waals surface area contributed by atoms with Crippen molar-refractivity contribution in [1.82, 2.24) is 10.2 Å². The first-order valence-corrected chi connectivity index (χ1v) is 7.70. The maximum absolute atomic E-state index is 10.2. The molecule has 1 aromatic heterocycles. The van der Waals surface area contributed by atoms with E-state index in [1.165, 1.54) is 0 Å². The van der Waals surface area contributed by atoms with E-state index in [9.17, 15) is 10.2 Å². The van der Waals surface area contributed by atoms with E-state index in [1.807, 2.05) is 36.9 Å². The van der Waals surface area contributed by atoms with Gasteiger partial charge in [0.05, 0.1) is 25.0 Å². The topological polar surface area (TPSA) is 78.7 Å². The number of rotatable bonds is 3. The molecule has 0 saturated carbocycles. The van der Waals surface area contributed by atoms with E-state index < -0.39 is 0 Å². The van der Waals surface area contributed by atoms with Crippen LogP contribution < -0.4 is 4.90 Å². The van der Waals surface area contributed by atoms with Crippen molar-refractivity contribution in [2.45, 2.75) is 20.0 Å². The molecule has 1 atom stereocenters. The Kier molecular flexibility index (Phi) is 4.45. The molecule has 0 spiro atoms. The molecule has 122 valence electrons. The average Bonchev–Trinajstić information content (AvgIpc) is 2.54. The fourth-order valence-corrected chi connectivity index (χ4v) is 2.94. The zero-order valence-corrected chi connectivity index (χ0v) is 13.4. The van der Waals surface area contributed by atoms with Crippen LogP contribution in [0.2, 0.25) is 0 Å². The molecule has 0 radical (unpaired) electrons. The van der Waals surface area contributed by atoms with Gasteiger partial charge in [-0.3, -0.25) is 0 Å². The number of hydrogen-bond acceptors (Lipinski definition) is 6. The number of nitrogens with zero attached hydrogens (tertiary/aromatic N) is 3. The number of phenolic OH excluding ortho intramolecular Hbond substituents is 1. The fourth-order valence-electron chi connectivity index (χ4n) is 2.94. The lowest BCUT2D eigenvalue weighted by Gasteiger charge is -2.32. The van der Waals surface area contributed by atoms with Crippen LogP contribution in [0.1, 0.15) is 11.1 Å². The molecule has 2 heterocycles. The molecule has 0 unspecified atom stereocenters. The molecule has 1 fully saturated rings. The van der Waals surface area contributed by atoms with Crippen LogP contribution in [-0.4, -0.2) is 52.8 Å². The molecular weight excluding hydrogens is 294 g/mol. The van der Waals surface area contributed by atoms with Gasteiger partial charge in [0, 0.05) is 18.7 Å². The summed E-state index contributed by atoms with van der Waals surface area (Å²) < 4.78 is 5.44. The Morgan fingerprint density at radius 3 is 2.74 bits per heavy atom. The van der Waals surface area contributed by atoms with Gasteiger partial charge in [-0.2, -0.15) is 0 Å². The van der Waals surface area contributed by atoms with Gasteiger partial charge in [-0.1, -0.05) is 6.07 Å². The summed E-state index contributed by atoms with van der Waals surface area (Å²) in [5.41, 5.74) is 3.34. The quantitative estimate of drug-likeness (QED) is 0.897. The molecule has 6 nitrogen and oxygen atoms in total. The number of aryl methyl sites for hydroxylation is 2. The Morgan fingerprint density at radius 2 is 2.09 bits per heavy atom. The minimum atomic E-state index is -0.186. The van der Waals surface area contributed by atoms with Crippen LogP contribution in [0, 0.1) is 13.8 Å². The van der Waals surface area contributed by atoms with Crippen molar-refractivity contribution < 1.29 is 14.9 Å². The van der Waals surface area contributed by atoms with Gasteiger partial charge in [0.15, 0.2) is 5.82 Å². The Balaban J connectivity index is 1.85. The smallest absolute Gasteiger partial charge is 0.151 e. The number of benzene rings is 1. The maximum Gasteiger partial charge on any atom is 0.151 e. The van der Waals surface area contributed by atoms with Gasteiger partial charge in [0.2, 0.25) is 0 Å². The number of phenols is 1. The molecule has 0 bridgehead atoms. The molecule has 1 aromatic carbocycles. The summed E-state index contributed by atoms with van der Waals surface area (Å²) in [4.78, 5) is 2.04. The van der Waals surface area contributed by atoms with E-state index in [1.54, 1.807) is 6.07 Å². The first-order valence-electron chi connectivity index (χ1n) is 7.70. The molecule has 2 aromatic rings. The first kappa shape index (κ1) is 15.7. The van der Waals surface area contributed by atoms with E-state index in [0.717, 1.165) is 23.5 Å². The second-order valence-electron chi connectivity index (χ2n) is 5.87. The monoisotopic (exact) mass is 315 g/mol. The largest absolute Gasteiger partial charge is 0.507 e. The lowest BCUT2D eigenvalue weighted by Crippen LogP contribution is -2.44. The Labute approximate surface area is 135 Å². The summed E-state index contributed by atoms with van der Waals surface area (Å²) in [7, 11) is 0. The third kappa shape index (κ3) is 3.28. The molecule has 23 heavy (non-hydrogen) atoms. The highest BCUT2D eigenvalue weighted by molar-refractivity contribution is 5.71. The van der Waals surface area contributed by atoms with Crippen LogP contribution in [0.5, 0.6) is 5.75 Å². The van der Waals surface area contributed by atoms with Gasteiger partial charge in [-0.15, -0.1) is 10.2 Å². The molecule has 1 saturated heterocycles. The zero-order valence-electron chi connectivity index (χ0n) is 13.4. The van der Waals surface area contributed by atoms with Gasteiger partial charge in [-0.25, -0.2) is 0 Å². The van der Waals surface area contributed by atoms with Crippen LogP contribution in [0.3, 0.4) is 0 Å². The average molecular weight is 315 g/mol. The van der Waals surface area contributed by atoms with Gasteiger partial charge in [0.25, 0.3) is 0 Å². The second kappa shape index (κ2) is 6.52. The van der Waals surface area contributed by atoms with Gasteiger partial charge in [0.1, 0.15) is 5.75 Å². The van der Waals surface area contributed by atoms with E-state index in [2.05, 4.69) is 10.2 Å². The van der Waals surface area contributed by atoms with E-state index >= 15 is 0 Å². The summed E-state index contributed by atoms with van der Waals surface area (Å²) in [5.74, 6) is 0.969. The molecular formula is C17H21N3O3. The Hall–Kier alpha value is -2.18. The highest BCUT2D eigenvalue weighted by Crippen LogP contribution is 2.32. The van der Waals surface area contributed by atoms with Crippen LogP contribution >= 0.6 is 0 Å². The van der Waals surface area contributed by atoms with E-state index in [4.69, 9.17) is 4.74 Å². The Bertz CT molecular complexity index is 665. The Morgan fingerprint density at radius 1 is 1.26 bits per heavy atom. The highest BCUT2D eigenvalue weighted by Gasteiger charge is 2.21. The number of aliphatic hydroxyl groups excluding tert-OH is 1. The van der Waals surface area contributed by atoms with E-state index in [0.29, 0.717) is 24.4 Å². The van der Waals surface area contributed by atoms with Crippen LogP contribution in [0.25, 0.3) is 11.3 Å². The summed E-state index contributed by atoms with van der Waals surface area (Å²) in [6.45, 7) is 5.77. The van der Waals surface area contributed by atoms with Crippen molar-refractivity contribution in [2.75, 3.05) is 31.2 Å². The number of hydrogen-bond donors (Lipinski definition) is 2. The standard InChI is InChI=1S/C17H21N3O3/c1-11-7-12(2)17(15(22)8-11)14-3-4-16(19-18-14)20-5-6-23-13(9-20)10-21/h3-4,7-8,13,21-22H,5-6,9-10H2,1-2H3/t13-/m0/s1. The van der Waals surface area contributed by atoms with Crippen LogP contribution in [-0.2, 0) is 4.74 Å². The lowest BCUT2D eigenvalue weighted by molar-refractivity contribution is 0.00332. The third-order valence-electron chi connectivity index (χ3n) is 4.03. The van der Waals surface area contributed by atoms with Crippen molar-refractivity contribution >= 4 is 5.82 Å². The third-order valence-corrected chi connectivity index (χ3v) is 4.03. The normalized spacial score (nSPS) is 18.2. The molecule has 2 N–H and O–H groups in total. The zero-order chi connectivity index (χ0) is 16.4. The summed E-state index contributed by atoms with van der Waals surface area (Å²) in [5, 5.41) is 28.0. The molecule has 0 aliphatic carbocycles. The minimum absolute atomic E-state index is 0.00154. The van der Waals surface area contributed by atoms with E-state index in [-0.39, 0.29) is 18.5 Å². The molecule has 0 amide bonds. The van der Waals surface area contributed by atoms with Crippen molar-refractivity contribution in [3.05, 3.63) is 35.4 Å². The van der Waals surface area contributed by atoms with Crippen molar-refractivity contribution in [3.8, 4) is 17.0 Å². The number of aromatic hydroxyl groups is 1. The number of aliphatic hydroxyl groups is 1. The van der Waals surface area contributed by atoms with Crippen molar-refractivity contribution in [1.29, 1.82) is 0 Å². The summed E-state index contributed by atoms with van der Waals surface area (Å²) in [6.07, 6.45) is -0.186. The van der Waals surface area contributed by atoms with Gasteiger partial charge in [-0.05, 0) is 43.2 Å². The van der Waals surface area contributed by atoms with Gasteiger partial charge < -0.3 is 19.8 Å². The SMILES string of the molecule is Cc1cc(C)c(-c2ccc(N3CCO[C@H](CO)C3)nn2)c(O)c1. The molecule has 1 aliphatic heterocycles. The second-order valence-corrected chi connectivity index (χ2v) is 5.87. The summed E-state index contributed by atoms with van der Waals surface area (Å²) >= 11 is 0. The van der Waals surface area contributed by atoms with Gasteiger partial charge >= 0.3 is 0 Å². The molecule has 6 heteroatoms. The summed E-state index contributed by atoms with van der Waals surface area (Å²) in [6, 6.07) is 7.49. The van der Waals surface area contributed by atoms with Crippen LogP contribution in [0.15, 0.2) is 24.3 Å². The predicted molar refractivity (Wildman–Crippen MR) is 87.6 cm³/mol. The lowest BCUT2D eigenvalue weighted by atomic mass is 10.0. The van der Waals surface area contributed by atoms with Crippen LogP contribution in [0.4, 0.5) is 5.82 Å². The fraction of sp³-hybridized carbons (Fsp3) is 0.412. The first-order chi connectivity index (χ1) is 11.1.